The predicted molar refractivity (Wildman–Crippen MR) is 58.2 cm³/mol. The van der Waals surface area contributed by atoms with Gasteiger partial charge in [0.1, 0.15) is 12.5 Å². The molecule has 2 amide bonds. The van der Waals surface area contributed by atoms with E-state index in [0.29, 0.717) is 5.75 Å². The first kappa shape index (κ1) is 16.4. The molecule has 6 N–H and O–H groups in total. The number of hydrogen-bond donors (Lipinski definition) is 4. The number of primary amides is 2. The summed E-state index contributed by atoms with van der Waals surface area (Å²) in [6, 6.07) is 7.75. The molecule has 0 fully saturated rings. The van der Waals surface area contributed by atoms with Gasteiger partial charge in [-0.3, -0.25) is 0 Å². The summed E-state index contributed by atoms with van der Waals surface area (Å²) in [7, 11) is -1.73. The van der Waals surface area contributed by atoms with Crippen molar-refractivity contribution in [3.05, 3.63) is 30.3 Å². The molecule has 1 rings (SSSR count). The molecule has 0 aliphatic rings. The quantitative estimate of drug-likeness (QED) is 0.475. The van der Waals surface area contributed by atoms with Crippen LogP contribution in [0.4, 0.5) is 4.79 Å². The van der Waals surface area contributed by atoms with Gasteiger partial charge in [-0.15, -0.1) is 0 Å². The number of benzene rings is 1. The van der Waals surface area contributed by atoms with Gasteiger partial charge in [-0.25, -0.2) is 4.79 Å². The Morgan fingerprint density at radius 1 is 1.19 bits per heavy atom. The summed E-state index contributed by atoms with van der Waals surface area (Å²) in [6.45, 7) is 2.00. The number of carbonyl (C=O) groups excluding carboxylic acids is 2. The zero-order valence-corrected chi connectivity index (χ0v) is 8.45. The first-order valence-electron chi connectivity index (χ1n) is 3.94. The lowest BCUT2D eigenvalue weighted by Crippen LogP contribution is -2.20. The Labute approximate surface area is 92.8 Å². The molecule has 8 heteroatoms. The van der Waals surface area contributed by atoms with Crippen molar-refractivity contribution in [3.8, 4) is 5.75 Å². The molecule has 0 atom stereocenters. The largest absolute Gasteiger partial charge is 0.707 e. The molecular weight excluding hydrogens is 215 g/mol. The Balaban J connectivity index is 0. The van der Waals surface area contributed by atoms with Crippen LogP contribution in [0.3, 0.4) is 0 Å². The van der Waals surface area contributed by atoms with Gasteiger partial charge in [-0.2, -0.15) is 0 Å². The SMILES string of the molecule is C=O.NC(N)=O.OB(O)Oc1ccccc1. The molecule has 16 heavy (non-hydrogen) atoms. The molecule has 7 nitrogen and oxygen atoms in total. The van der Waals surface area contributed by atoms with Gasteiger partial charge in [-0.05, 0) is 12.1 Å². The van der Waals surface area contributed by atoms with Gasteiger partial charge in [0, 0.05) is 0 Å². The van der Waals surface area contributed by atoms with Crippen molar-refractivity contribution in [1.82, 2.24) is 0 Å². The molecule has 88 valence electrons. The Bertz CT molecular complexity index is 279. The fraction of sp³-hybridized carbons (Fsp3) is 0. The van der Waals surface area contributed by atoms with Crippen LogP contribution in [0.15, 0.2) is 30.3 Å². The van der Waals surface area contributed by atoms with E-state index < -0.39 is 13.4 Å². The zero-order valence-electron chi connectivity index (χ0n) is 8.45. The van der Waals surface area contributed by atoms with Crippen LogP contribution >= 0.6 is 0 Å². The van der Waals surface area contributed by atoms with E-state index in [4.69, 9.17) is 19.6 Å². The van der Waals surface area contributed by atoms with E-state index in [0.717, 1.165) is 0 Å². The Morgan fingerprint density at radius 3 is 1.88 bits per heavy atom. The highest BCUT2D eigenvalue weighted by Crippen LogP contribution is 2.07. The maximum absolute atomic E-state index is 9.00. The Kier molecular flexibility index (Phi) is 11.3. The first-order valence-corrected chi connectivity index (χ1v) is 3.94. The van der Waals surface area contributed by atoms with Crippen LogP contribution in [0.25, 0.3) is 0 Å². The Morgan fingerprint density at radius 2 is 1.56 bits per heavy atom. The fourth-order valence-electron chi connectivity index (χ4n) is 0.621. The van der Waals surface area contributed by atoms with Crippen molar-refractivity contribution in [2.45, 2.75) is 0 Å². The van der Waals surface area contributed by atoms with Gasteiger partial charge >= 0.3 is 13.4 Å². The van der Waals surface area contributed by atoms with Crippen molar-refractivity contribution in [2.75, 3.05) is 0 Å². The molecule has 0 spiro atoms. The number of amides is 2. The zero-order chi connectivity index (χ0) is 13.0. The van der Waals surface area contributed by atoms with Crippen LogP contribution in [-0.4, -0.2) is 30.2 Å². The second-order valence-electron chi connectivity index (χ2n) is 2.16. The third-order valence-electron chi connectivity index (χ3n) is 0.985. The highest BCUT2D eigenvalue weighted by molar-refractivity contribution is 6.33. The molecule has 0 aliphatic carbocycles. The number of para-hydroxylation sites is 1. The van der Waals surface area contributed by atoms with Crippen molar-refractivity contribution in [1.29, 1.82) is 0 Å². The molecule has 0 heterocycles. The molecule has 0 unspecified atom stereocenters. The number of urea groups is 1. The first-order chi connectivity index (χ1) is 7.52. The van der Waals surface area contributed by atoms with Gasteiger partial charge < -0.3 is 31.0 Å². The summed E-state index contributed by atoms with van der Waals surface area (Å²) in [5.74, 6) is 0.442. The minimum Gasteiger partial charge on any atom is -0.512 e. The monoisotopic (exact) mass is 228 g/mol. The average Bonchev–Trinajstić information content (AvgIpc) is 2.20. The average molecular weight is 228 g/mol. The minimum atomic E-state index is -1.73. The van der Waals surface area contributed by atoms with Gasteiger partial charge in [0.15, 0.2) is 0 Å². The number of hydrogen-bond acceptors (Lipinski definition) is 5. The van der Waals surface area contributed by atoms with Crippen molar-refractivity contribution in [3.63, 3.8) is 0 Å². The summed E-state index contributed by atoms with van der Waals surface area (Å²) in [4.78, 5) is 17.0. The van der Waals surface area contributed by atoms with E-state index in [9.17, 15) is 0 Å². The second kappa shape index (κ2) is 11.0. The molecule has 0 aliphatic heterocycles. The summed E-state index contributed by atoms with van der Waals surface area (Å²) in [6.07, 6.45) is 0. The van der Waals surface area contributed by atoms with Crippen LogP contribution in [0.2, 0.25) is 0 Å². The van der Waals surface area contributed by atoms with E-state index in [1.54, 1.807) is 24.3 Å². The molecule has 1 aromatic carbocycles. The smallest absolute Gasteiger partial charge is 0.512 e. The van der Waals surface area contributed by atoms with Gasteiger partial charge in [0.05, 0.1) is 0 Å². The van der Waals surface area contributed by atoms with Gasteiger partial charge in [0.2, 0.25) is 0 Å². The van der Waals surface area contributed by atoms with Gasteiger partial charge in [0.25, 0.3) is 0 Å². The van der Waals surface area contributed by atoms with E-state index in [1.165, 1.54) is 0 Å². The summed E-state index contributed by atoms with van der Waals surface area (Å²) >= 11 is 0. The van der Waals surface area contributed by atoms with E-state index in [-0.39, 0.29) is 0 Å². The lowest BCUT2D eigenvalue weighted by Gasteiger charge is -2.01. The Hall–Kier alpha value is -2.06. The van der Waals surface area contributed by atoms with E-state index in [2.05, 4.69) is 16.1 Å². The number of nitrogens with two attached hydrogens (primary N) is 2. The predicted octanol–water partition coefficient (Wildman–Crippen LogP) is -1.13. The maximum Gasteiger partial charge on any atom is 0.707 e. The standard InChI is InChI=1S/C6H7BO3.CH4N2O.CH2O/c8-7(9)10-6-4-2-1-3-5-6;2-1(3)4;1-2/h1-5,8-9H;(H4,2,3,4);1H2. The van der Waals surface area contributed by atoms with Gasteiger partial charge in [-0.1, -0.05) is 18.2 Å². The highest BCUT2D eigenvalue weighted by atomic mass is 16.6. The second-order valence-corrected chi connectivity index (χ2v) is 2.16. The number of carbonyl (C=O) groups is 2. The lowest BCUT2D eigenvalue weighted by molar-refractivity contribution is -0.0980. The molecule has 0 saturated heterocycles. The topological polar surface area (TPSA) is 136 Å². The van der Waals surface area contributed by atoms with Crippen LogP contribution < -0.4 is 16.1 Å². The van der Waals surface area contributed by atoms with Crippen LogP contribution in [0.1, 0.15) is 0 Å². The third kappa shape index (κ3) is 14.5. The van der Waals surface area contributed by atoms with Crippen molar-refractivity contribution < 1.29 is 24.3 Å². The van der Waals surface area contributed by atoms with E-state index >= 15 is 0 Å². The van der Waals surface area contributed by atoms with Crippen molar-refractivity contribution >= 4 is 20.1 Å². The summed E-state index contributed by atoms with van der Waals surface area (Å²) in [5, 5.41) is 16.7. The van der Waals surface area contributed by atoms with Crippen LogP contribution in [-0.2, 0) is 4.79 Å². The van der Waals surface area contributed by atoms with Crippen LogP contribution in [0.5, 0.6) is 5.75 Å². The molecule has 0 bridgehead atoms. The molecule has 0 aromatic heterocycles. The molecule has 0 radical (unpaired) electrons. The molecule has 1 aromatic rings. The van der Waals surface area contributed by atoms with Crippen molar-refractivity contribution in [2.24, 2.45) is 11.5 Å². The lowest BCUT2D eigenvalue weighted by atomic mass is 10.2. The number of rotatable bonds is 2. The summed E-state index contributed by atoms with van der Waals surface area (Å²) in [5.41, 5.74) is 8.50. The van der Waals surface area contributed by atoms with Crippen LogP contribution in [0, 0.1) is 0 Å². The highest BCUT2D eigenvalue weighted by Gasteiger charge is 2.09. The normalized spacial score (nSPS) is 7.38. The minimum absolute atomic E-state index is 0.442. The maximum atomic E-state index is 9.00. The summed E-state index contributed by atoms with van der Waals surface area (Å²) < 4.78 is 4.53. The fourth-order valence-corrected chi connectivity index (χ4v) is 0.621. The molecular formula is C8H13BN2O5. The molecule has 0 saturated carbocycles. The third-order valence-corrected chi connectivity index (χ3v) is 0.985. The van der Waals surface area contributed by atoms with E-state index in [1.807, 2.05) is 12.9 Å².